The molecule has 0 aliphatic rings. The highest BCUT2D eigenvalue weighted by molar-refractivity contribution is 7.10. The lowest BCUT2D eigenvalue weighted by atomic mass is 10.1. The van der Waals surface area contributed by atoms with Crippen LogP contribution < -0.4 is 11.1 Å². The number of nitrogens with two attached hydrogens (primary N) is 1. The van der Waals surface area contributed by atoms with Crippen molar-refractivity contribution in [2.45, 2.75) is 27.3 Å². The molecule has 0 bridgehead atoms. The molecule has 0 radical (unpaired) electrons. The van der Waals surface area contributed by atoms with Gasteiger partial charge < -0.3 is 11.1 Å². The van der Waals surface area contributed by atoms with E-state index in [1.54, 1.807) is 13.8 Å². The fourth-order valence-electron chi connectivity index (χ4n) is 1.83. The molecule has 1 aromatic carbocycles. The molecule has 0 fully saturated rings. The van der Waals surface area contributed by atoms with Crippen LogP contribution in [0.3, 0.4) is 0 Å². The van der Waals surface area contributed by atoms with Crippen molar-refractivity contribution in [2.24, 2.45) is 0 Å². The first-order valence-corrected chi connectivity index (χ1v) is 6.47. The number of halogens is 1. The molecule has 3 nitrogen and oxygen atoms in total. The molecule has 0 atom stereocenters. The molecule has 0 aliphatic carbocycles. The highest BCUT2D eigenvalue weighted by Gasteiger charge is 2.08. The number of nitrogens with one attached hydrogen (secondary N) is 1. The molecular formula is C13H16FN3S. The molecule has 2 aromatic rings. The first-order valence-electron chi connectivity index (χ1n) is 5.70. The molecule has 1 aromatic heterocycles. The van der Waals surface area contributed by atoms with Gasteiger partial charge in [0, 0.05) is 12.1 Å². The zero-order chi connectivity index (χ0) is 13.3. The predicted molar refractivity (Wildman–Crippen MR) is 74.5 cm³/mol. The number of hydrogen-bond donors (Lipinski definition) is 2. The summed E-state index contributed by atoms with van der Waals surface area (Å²) in [6.07, 6.45) is 0. The summed E-state index contributed by atoms with van der Waals surface area (Å²) in [5.74, 6) is 0.436. The molecule has 18 heavy (non-hydrogen) atoms. The van der Waals surface area contributed by atoms with Crippen molar-refractivity contribution >= 4 is 22.4 Å². The first kappa shape index (κ1) is 12.8. The van der Waals surface area contributed by atoms with Crippen LogP contribution in [0.5, 0.6) is 0 Å². The fraction of sp³-hybridized carbons (Fsp3) is 0.308. The average Bonchev–Trinajstić information content (AvgIpc) is 2.64. The van der Waals surface area contributed by atoms with Gasteiger partial charge in [-0.1, -0.05) is 12.1 Å². The van der Waals surface area contributed by atoms with E-state index in [9.17, 15) is 4.39 Å². The minimum Gasteiger partial charge on any atom is -0.383 e. The van der Waals surface area contributed by atoms with Crippen LogP contribution >= 0.6 is 11.5 Å². The van der Waals surface area contributed by atoms with E-state index >= 15 is 0 Å². The third-order valence-electron chi connectivity index (χ3n) is 2.91. The van der Waals surface area contributed by atoms with Gasteiger partial charge in [-0.15, -0.1) is 0 Å². The van der Waals surface area contributed by atoms with Crippen molar-refractivity contribution in [1.29, 1.82) is 0 Å². The Balaban J connectivity index is 2.13. The van der Waals surface area contributed by atoms with Gasteiger partial charge in [-0.3, -0.25) is 0 Å². The molecule has 5 heteroatoms. The van der Waals surface area contributed by atoms with Gasteiger partial charge in [0.25, 0.3) is 0 Å². The van der Waals surface area contributed by atoms with Crippen molar-refractivity contribution in [1.82, 2.24) is 4.37 Å². The quantitative estimate of drug-likeness (QED) is 0.894. The number of anilines is 2. The van der Waals surface area contributed by atoms with Crippen LogP contribution in [0.2, 0.25) is 0 Å². The zero-order valence-corrected chi connectivity index (χ0v) is 11.5. The Labute approximate surface area is 110 Å². The van der Waals surface area contributed by atoms with Crippen molar-refractivity contribution in [3.05, 3.63) is 40.2 Å². The summed E-state index contributed by atoms with van der Waals surface area (Å²) >= 11 is 1.35. The number of hydrogen-bond acceptors (Lipinski definition) is 4. The summed E-state index contributed by atoms with van der Waals surface area (Å²) in [4.78, 5) is 0. The average molecular weight is 265 g/mol. The fourth-order valence-corrected chi connectivity index (χ4v) is 2.54. The largest absolute Gasteiger partial charge is 0.383 e. The minimum atomic E-state index is -0.128. The van der Waals surface area contributed by atoms with Crippen LogP contribution in [0.1, 0.15) is 22.3 Å². The second-order valence-corrected chi connectivity index (χ2v) is 5.19. The SMILES string of the molecule is Cc1cc(CNc2snc(N)c2C)cc(C)c1F. The molecular weight excluding hydrogens is 249 g/mol. The smallest absolute Gasteiger partial charge is 0.142 e. The lowest BCUT2D eigenvalue weighted by Gasteiger charge is -2.08. The monoisotopic (exact) mass is 265 g/mol. The maximum Gasteiger partial charge on any atom is 0.142 e. The highest BCUT2D eigenvalue weighted by atomic mass is 32.1. The van der Waals surface area contributed by atoms with Crippen molar-refractivity contribution in [2.75, 3.05) is 11.1 Å². The van der Waals surface area contributed by atoms with Crippen LogP contribution in [0, 0.1) is 26.6 Å². The summed E-state index contributed by atoms with van der Waals surface area (Å²) in [6, 6.07) is 3.71. The first-order chi connectivity index (χ1) is 8.49. The van der Waals surface area contributed by atoms with E-state index in [1.165, 1.54) is 11.5 Å². The van der Waals surface area contributed by atoms with E-state index in [4.69, 9.17) is 5.73 Å². The standard InChI is InChI=1S/C13H16FN3S/c1-7-4-10(5-8(2)11(7)14)6-16-13-9(3)12(15)17-18-13/h4-5,16H,6H2,1-3H3,(H2,15,17). The van der Waals surface area contributed by atoms with Crippen LogP contribution in [0.4, 0.5) is 15.2 Å². The summed E-state index contributed by atoms with van der Waals surface area (Å²) in [6.45, 7) is 6.14. The van der Waals surface area contributed by atoms with Gasteiger partial charge in [-0.25, -0.2) is 4.39 Å². The van der Waals surface area contributed by atoms with Crippen LogP contribution in [-0.4, -0.2) is 4.37 Å². The molecule has 0 saturated heterocycles. The summed E-state index contributed by atoms with van der Waals surface area (Å²) < 4.78 is 17.6. The Morgan fingerprint density at radius 3 is 2.39 bits per heavy atom. The zero-order valence-electron chi connectivity index (χ0n) is 10.7. The van der Waals surface area contributed by atoms with E-state index in [2.05, 4.69) is 9.69 Å². The molecule has 0 aliphatic heterocycles. The maximum absolute atomic E-state index is 13.5. The number of aromatic nitrogens is 1. The van der Waals surface area contributed by atoms with Crippen LogP contribution in [0.15, 0.2) is 12.1 Å². The highest BCUT2D eigenvalue weighted by Crippen LogP contribution is 2.26. The minimum absolute atomic E-state index is 0.128. The third-order valence-corrected chi connectivity index (χ3v) is 3.83. The second-order valence-electron chi connectivity index (χ2n) is 4.42. The van der Waals surface area contributed by atoms with Crippen molar-refractivity contribution < 1.29 is 4.39 Å². The third kappa shape index (κ3) is 2.46. The van der Waals surface area contributed by atoms with E-state index in [-0.39, 0.29) is 5.82 Å². The van der Waals surface area contributed by atoms with Gasteiger partial charge in [-0.05, 0) is 49.0 Å². The Morgan fingerprint density at radius 1 is 1.28 bits per heavy atom. The van der Waals surface area contributed by atoms with Crippen LogP contribution in [-0.2, 0) is 6.54 Å². The molecule has 0 amide bonds. The Morgan fingerprint density at radius 2 is 1.89 bits per heavy atom. The molecule has 0 saturated carbocycles. The predicted octanol–water partition coefficient (Wildman–Crippen LogP) is 3.40. The van der Waals surface area contributed by atoms with Crippen molar-refractivity contribution in [3.63, 3.8) is 0 Å². The molecule has 0 unspecified atom stereocenters. The summed E-state index contributed by atoms with van der Waals surface area (Å²) in [5.41, 5.74) is 9.06. The van der Waals surface area contributed by atoms with Crippen LogP contribution in [0.25, 0.3) is 0 Å². The molecule has 96 valence electrons. The lowest BCUT2D eigenvalue weighted by molar-refractivity contribution is 0.608. The number of benzene rings is 1. The number of nitrogen functional groups attached to an aromatic ring is 1. The second kappa shape index (κ2) is 4.94. The van der Waals surface area contributed by atoms with Gasteiger partial charge >= 0.3 is 0 Å². The maximum atomic E-state index is 13.5. The van der Waals surface area contributed by atoms with E-state index in [1.807, 2.05) is 19.1 Å². The van der Waals surface area contributed by atoms with E-state index in [0.29, 0.717) is 23.5 Å². The molecule has 2 rings (SSSR count). The van der Waals surface area contributed by atoms with Gasteiger partial charge in [0.15, 0.2) is 0 Å². The lowest BCUT2D eigenvalue weighted by Crippen LogP contribution is -2.01. The number of rotatable bonds is 3. The summed E-state index contributed by atoms with van der Waals surface area (Å²) in [7, 11) is 0. The topological polar surface area (TPSA) is 50.9 Å². The molecule has 0 spiro atoms. The normalized spacial score (nSPS) is 10.7. The van der Waals surface area contributed by atoms with E-state index < -0.39 is 0 Å². The number of nitrogens with zero attached hydrogens (tertiary/aromatic N) is 1. The van der Waals surface area contributed by atoms with Gasteiger partial charge in [0.1, 0.15) is 16.6 Å². The van der Waals surface area contributed by atoms with E-state index in [0.717, 1.165) is 16.1 Å². The number of aryl methyl sites for hydroxylation is 2. The van der Waals surface area contributed by atoms with Gasteiger partial charge in [0.2, 0.25) is 0 Å². The van der Waals surface area contributed by atoms with Crippen molar-refractivity contribution in [3.8, 4) is 0 Å². The summed E-state index contributed by atoms with van der Waals surface area (Å²) in [5, 5.41) is 4.24. The van der Waals surface area contributed by atoms with Gasteiger partial charge in [0.05, 0.1) is 0 Å². The Hall–Kier alpha value is -1.62. The van der Waals surface area contributed by atoms with Gasteiger partial charge in [-0.2, -0.15) is 4.37 Å². The Kier molecular flexibility index (Phi) is 3.52. The molecule has 1 heterocycles. The molecule has 3 N–H and O–H groups in total. The Bertz CT molecular complexity index is 555.